The predicted octanol–water partition coefficient (Wildman–Crippen LogP) is 3.67. The smallest absolute Gasteiger partial charge is 0.0471 e. The lowest BCUT2D eigenvalue weighted by molar-refractivity contribution is 0.192. The molecule has 0 bridgehead atoms. The van der Waals surface area contributed by atoms with Crippen LogP contribution >= 0.6 is 11.8 Å². The first-order chi connectivity index (χ1) is 10.1. The van der Waals surface area contributed by atoms with Gasteiger partial charge in [-0.25, -0.2) is 0 Å². The molecule has 0 aromatic heterocycles. The van der Waals surface area contributed by atoms with Crippen molar-refractivity contribution < 1.29 is 0 Å². The Kier molecular flexibility index (Phi) is 4.25. The van der Waals surface area contributed by atoms with Crippen LogP contribution in [-0.4, -0.2) is 35.0 Å². The number of hydrogen-bond acceptors (Lipinski definition) is 3. The van der Waals surface area contributed by atoms with Gasteiger partial charge in [0.25, 0.3) is 0 Å². The fourth-order valence-corrected chi connectivity index (χ4v) is 4.37. The number of nitrogens with zero attached hydrogens (tertiary/aromatic N) is 1. The fourth-order valence-electron chi connectivity index (χ4n) is 3.23. The Balaban J connectivity index is 1.90. The molecule has 0 radical (unpaired) electrons. The molecule has 2 aromatic carbocycles. The van der Waals surface area contributed by atoms with Crippen LogP contribution in [0.25, 0.3) is 10.8 Å². The molecule has 112 valence electrons. The summed E-state index contributed by atoms with van der Waals surface area (Å²) < 4.78 is 0.322. The zero-order valence-electron chi connectivity index (χ0n) is 12.9. The molecule has 1 aliphatic rings. The summed E-state index contributed by atoms with van der Waals surface area (Å²) in [5.41, 5.74) is 7.47. The molecular formula is C18H24N2S. The molecule has 1 saturated heterocycles. The summed E-state index contributed by atoms with van der Waals surface area (Å²) in [6.45, 7) is 7.57. The summed E-state index contributed by atoms with van der Waals surface area (Å²) in [6.07, 6.45) is 0. The molecule has 0 saturated carbocycles. The second-order valence-electron chi connectivity index (χ2n) is 6.44. The Labute approximate surface area is 131 Å². The average molecular weight is 300 g/mol. The molecule has 1 atom stereocenters. The number of hydrogen-bond donors (Lipinski definition) is 1. The van der Waals surface area contributed by atoms with Gasteiger partial charge in [0.2, 0.25) is 0 Å². The van der Waals surface area contributed by atoms with E-state index in [2.05, 4.69) is 73.0 Å². The van der Waals surface area contributed by atoms with Gasteiger partial charge in [-0.1, -0.05) is 36.4 Å². The Morgan fingerprint density at radius 2 is 1.95 bits per heavy atom. The molecule has 2 aromatic rings. The van der Waals surface area contributed by atoms with Crippen molar-refractivity contribution in [2.24, 2.45) is 5.73 Å². The molecule has 1 heterocycles. The van der Waals surface area contributed by atoms with Crippen molar-refractivity contribution in [2.45, 2.75) is 24.6 Å². The topological polar surface area (TPSA) is 29.3 Å². The third-order valence-corrected chi connectivity index (χ3v) is 5.57. The van der Waals surface area contributed by atoms with Crippen LogP contribution in [0.2, 0.25) is 0 Å². The lowest BCUT2D eigenvalue weighted by Gasteiger charge is -2.41. The van der Waals surface area contributed by atoms with E-state index in [4.69, 9.17) is 5.73 Å². The van der Waals surface area contributed by atoms with E-state index in [0.29, 0.717) is 17.3 Å². The van der Waals surface area contributed by atoms with Crippen LogP contribution in [0.15, 0.2) is 42.5 Å². The minimum atomic E-state index is 0.322. The maximum absolute atomic E-state index is 6.12. The van der Waals surface area contributed by atoms with Crippen LogP contribution < -0.4 is 5.73 Å². The maximum Gasteiger partial charge on any atom is 0.0471 e. The lowest BCUT2D eigenvalue weighted by atomic mass is 9.99. The van der Waals surface area contributed by atoms with Crippen LogP contribution in [0, 0.1) is 0 Å². The number of benzene rings is 2. The Bertz CT molecular complexity index is 623. The van der Waals surface area contributed by atoms with E-state index in [9.17, 15) is 0 Å². The molecule has 1 aliphatic heterocycles. The average Bonchev–Trinajstić information content (AvgIpc) is 2.47. The van der Waals surface area contributed by atoms with E-state index in [-0.39, 0.29) is 0 Å². The third-order valence-electron chi connectivity index (χ3n) is 4.28. The molecule has 0 amide bonds. The first-order valence-electron chi connectivity index (χ1n) is 7.66. The molecule has 2 nitrogen and oxygen atoms in total. The van der Waals surface area contributed by atoms with E-state index < -0.39 is 0 Å². The van der Waals surface area contributed by atoms with Gasteiger partial charge in [-0.15, -0.1) is 0 Å². The molecule has 3 rings (SSSR count). The number of rotatable bonds is 3. The zero-order chi connectivity index (χ0) is 14.9. The normalized spacial score (nSPS) is 20.5. The van der Waals surface area contributed by atoms with Crippen molar-refractivity contribution in [1.82, 2.24) is 4.90 Å². The van der Waals surface area contributed by atoms with E-state index in [0.717, 1.165) is 13.1 Å². The van der Waals surface area contributed by atoms with E-state index in [1.165, 1.54) is 22.1 Å². The summed E-state index contributed by atoms with van der Waals surface area (Å²) >= 11 is 2.07. The summed E-state index contributed by atoms with van der Waals surface area (Å²) in [4.78, 5) is 2.56. The lowest BCUT2D eigenvalue weighted by Crippen LogP contribution is -2.46. The van der Waals surface area contributed by atoms with Crippen molar-refractivity contribution in [1.29, 1.82) is 0 Å². The van der Waals surface area contributed by atoms with Gasteiger partial charge >= 0.3 is 0 Å². The first kappa shape index (κ1) is 14.9. The SMILES string of the molecule is CC1(C)CN(C(CN)c2ccc3ccccc3c2)CCS1. The van der Waals surface area contributed by atoms with Crippen LogP contribution in [0.4, 0.5) is 0 Å². The van der Waals surface area contributed by atoms with Crippen molar-refractivity contribution in [3.63, 3.8) is 0 Å². The van der Waals surface area contributed by atoms with Crippen molar-refractivity contribution in [3.05, 3.63) is 48.0 Å². The Morgan fingerprint density at radius 1 is 1.19 bits per heavy atom. The molecule has 1 unspecified atom stereocenters. The van der Waals surface area contributed by atoms with E-state index in [1.54, 1.807) is 0 Å². The van der Waals surface area contributed by atoms with Gasteiger partial charge < -0.3 is 5.73 Å². The summed E-state index contributed by atoms with van der Waals surface area (Å²) in [5, 5.41) is 2.60. The Morgan fingerprint density at radius 3 is 2.67 bits per heavy atom. The highest BCUT2D eigenvalue weighted by Crippen LogP contribution is 2.34. The molecule has 2 N–H and O–H groups in total. The highest BCUT2D eigenvalue weighted by Gasteiger charge is 2.31. The standard InChI is InChI=1S/C18H24N2S/c1-18(2)13-20(9-10-21-18)17(12-19)16-8-7-14-5-3-4-6-15(14)11-16/h3-8,11,17H,9-10,12-13,19H2,1-2H3. The van der Waals surface area contributed by atoms with Crippen LogP contribution in [0.5, 0.6) is 0 Å². The monoisotopic (exact) mass is 300 g/mol. The largest absolute Gasteiger partial charge is 0.329 e. The number of fused-ring (bicyclic) bond motifs is 1. The van der Waals surface area contributed by atoms with Gasteiger partial charge in [-0.05, 0) is 36.2 Å². The third kappa shape index (κ3) is 3.25. The molecular weight excluding hydrogens is 276 g/mol. The Hall–Kier alpha value is -1.03. The van der Waals surface area contributed by atoms with Crippen molar-refractivity contribution in [3.8, 4) is 0 Å². The quantitative estimate of drug-likeness (QED) is 0.938. The molecule has 0 aliphatic carbocycles. The highest BCUT2D eigenvalue weighted by molar-refractivity contribution is 8.00. The molecule has 0 spiro atoms. The number of thioether (sulfide) groups is 1. The summed E-state index contributed by atoms with van der Waals surface area (Å²) in [7, 11) is 0. The van der Waals surface area contributed by atoms with Gasteiger partial charge in [0.1, 0.15) is 0 Å². The fraction of sp³-hybridized carbons (Fsp3) is 0.444. The predicted molar refractivity (Wildman–Crippen MR) is 93.9 cm³/mol. The van der Waals surface area contributed by atoms with Crippen molar-refractivity contribution >= 4 is 22.5 Å². The van der Waals surface area contributed by atoms with Crippen LogP contribution in [0.3, 0.4) is 0 Å². The minimum Gasteiger partial charge on any atom is -0.329 e. The molecule has 21 heavy (non-hydrogen) atoms. The highest BCUT2D eigenvalue weighted by atomic mass is 32.2. The zero-order valence-corrected chi connectivity index (χ0v) is 13.7. The molecule has 1 fully saturated rings. The second kappa shape index (κ2) is 5.99. The first-order valence-corrected chi connectivity index (χ1v) is 8.64. The van der Waals surface area contributed by atoms with Crippen LogP contribution in [0.1, 0.15) is 25.5 Å². The molecule has 3 heteroatoms. The summed E-state index contributed by atoms with van der Waals surface area (Å²) in [5.74, 6) is 1.19. The summed E-state index contributed by atoms with van der Waals surface area (Å²) in [6, 6.07) is 15.6. The van der Waals surface area contributed by atoms with E-state index in [1.807, 2.05) is 0 Å². The van der Waals surface area contributed by atoms with Crippen LogP contribution in [-0.2, 0) is 0 Å². The van der Waals surface area contributed by atoms with Gasteiger partial charge in [0, 0.05) is 36.2 Å². The second-order valence-corrected chi connectivity index (χ2v) is 8.24. The maximum atomic E-state index is 6.12. The van der Waals surface area contributed by atoms with Gasteiger partial charge in [-0.3, -0.25) is 4.90 Å². The number of nitrogens with two attached hydrogens (primary N) is 1. The van der Waals surface area contributed by atoms with Gasteiger partial charge in [-0.2, -0.15) is 11.8 Å². The van der Waals surface area contributed by atoms with Gasteiger partial charge in [0.15, 0.2) is 0 Å². The van der Waals surface area contributed by atoms with E-state index >= 15 is 0 Å². The van der Waals surface area contributed by atoms with Crippen molar-refractivity contribution in [2.75, 3.05) is 25.4 Å². The van der Waals surface area contributed by atoms with Gasteiger partial charge in [0.05, 0.1) is 0 Å². The minimum absolute atomic E-state index is 0.322.